The number of anilines is 1. The summed E-state index contributed by atoms with van der Waals surface area (Å²) in [6.45, 7) is 0. The van der Waals surface area contributed by atoms with Crippen molar-refractivity contribution in [2.75, 3.05) is 11.9 Å². The van der Waals surface area contributed by atoms with Gasteiger partial charge in [-0.05, 0) is 24.3 Å². The van der Waals surface area contributed by atoms with E-state index in [1.165, 1.54) is 24.5 Å². The normalized spacial score (nSPS) is 11.9. The molecule has 0 bridgehead atoms. The number of benzene rings is 1. The molecule has 2 N–H and O–H groups in total. The summed E-state index contributed by atoms with van der Waals surface area (Å²) in [7, 11) is 1.68. The Hall–Kier alpha value is -2.67. The smallest absolute Gasteiger partial charge is 0.181 e. The monoisotopic (exact) mass is 319 g/mol. The van der Waals surface area contributed by atoms with E-state index in [4.69, 9.17) is 11.6 Å². The van der Waals surface area contributed by atoms with E-state index in [0.717, 1.165) is 0 Å². The molecule has 0 unspecified atom stereocenters. The van der Waals surface area contributed by atoms with Gasteiger partial charge in [-0.15, -0.1) is 0 Å². The van der Waals surface area contributed by atoms with Gasteiger partial charge in [0.1, 0.15) is 5.82 Å². The second-order valence-corrected chi connectivity index (χ2v) is 4.95. The SMILES string of the molecule is CN(/C(=N\O)c1ccnc2nc[nH]c12)c1ccc(F)c(Cl)c1. The van der Waals surface area contributed by atoms with E-state index < -0.39 is 5.82 Å². The Morgan fingerprint density at radius 2 is 2.18 bits per heavy atom. The number of halogens is 2. The van der Waals surface area contributed by atoms with Crippen LogP contribution in [0.4, 0.5) is 10.1 Å². The van der Waals surface area contributed by atoms with Crippen molar-refractivity contribution < 1.29 is 9.60 Å². The maximum absolute atomic E-state index is 13.3. The van der Waals surface area contributed by atoms with E-state index in [1.807, 2.05) is 0 Å². The summed E-state index contributed by atoms with van der Waals surface area (Å²) in [6.07, 6.45) is 3.07. The zero-order valence-electron chi connectivity index (χ0n) is 11.5. The highest BCUT2D eigenvalue weighted by molar-refractivity contribution is 6.31. The molecule has 0 radical (unpaired) electrons. The number of oxime groups is 1. The van der Waals surface area contributed by atoms with E-state index in [1.54, 1.807) is 24.2 Å². The van der Waals surface area contributed by atoms with Crippen LogP contribution in [0.3, 0.4) is 0 Å². The maximum atomic E-state index is 13.3. The average Bonchev–Trinajstić information content (AvgIpc) is 3.00. The Labute approximate surface area is 129 Å². The number of hydrogen-bond acceptors (Lipinski definition) is 4. The predicted molar refractivity (Wildman–Crippen MR) is 82.0 cm³/mol. The Kier molecular flexibility index (Phi) is 3.64. The van der Waals surface area contributed by atoms with Gasteiger partial charge >= 0.3 is 0 Å². The fraction of sp³-hybridized carbons (Fsp3) is 0.0714. The Bertz CT molecular complexity index is 863. The van der Waals surface area contributed by atoms with Crippen molar-refractivity contribution in [1.29, 1.82) is 0 Å². The number of nitrogens with zero attached hydrogens (tertiary/aromatic N) is 4. The minimum atomic E-state index is -0.513. The number of imidazole rings is 1. The van der Waals surface area contributed by atoms with Crippen molar-refractivity contribution in [2.24, 2.45) is 5.16 Å². The van der Waals surface area contributed by atoms with E-state index in [-0.39, 0.29) is 10.9 Å². The van der Waals surface area contributed by atoms with Crippen LogP contribution in [0.15, 0.2) is 41.9 Å². The van der Waals surface area contributed by atoms with Gasteiger partial charge in [0, 0.05) is 24.5 Å². The standard InChI is InChI=1S/C14H11ClFN5O/c1-21(8-2-3-11(16)10(15)6-8)14(20-22)9-4-5-17-13-12(9)18-7-19-13/h2-7,22H,1H3,(H,17,18,19)/b20-14-. The van der Waals surface area contributed by atoms with E-state index in [9.17, 15) is 9.60 Å². The average molecular weight is 320 g/mol. The summed E-state index contributed by atoms with van der Waals surface area (Å²) in [5.74, 6) is -0.263. The van der Waals surface area contributed by atoms with Crippen LogP contribution in [0.25, 0.3) is 11.2 Å². The second kappa shape index (κ2) is 5.61. The molecule has 0 amide bonds. The number of aromatic amines is 1. The van der Waals surface area contributed by atoms with Gasteiger partial charge in [0.05, 0.1) is 16.9 Å². The third-order valence-electron chi connectivity index (χ3n) is 3.27. The second-order valence-electron chi connectivity index (χ2n) is 4.54. The number of amidine groups is 1. The molecule has 2 heterocycles. The Morgan fingerprint density at radius 3 is 2.91 bits per heavy atom. The Balaban J connectivity index is 2.07. The lowest BCUT2D eigenvalue weighted by atomic mass is 10.2. The van der Waals surface area contributed by atoms with Crippen LogP contribution in [0.5, 0.6) is 0 Å². The molecule has 0 aliphatic heterocycles. The van der Waals surface area contributed by atoms with Crippen LogP contribution < -0.4 is 4.90 Å². The van der Waals surface area contributed by atoms with Crippen molar-refractivity contribution in [3.63, 3.8) is 0 Å². The zero-order chi connectivity index (χ0) is 15.7. The van der Waals surface area contributed by atoms with Gasteiger partial charge in [0.25, 0.3) is 0 Å². The summed E-state index contributed by atoms with van der Waals surface area (Å²) >= 11 is 5.80. The lowest BCUT2D eigenvalue weighted by Gasteiger charge is -2.20. The number of aromatic nitrogens is 3. The topological polar surface area (TPSA) is 77.4 Å². The molecule has 8 heteroatoms. The molecule has 0 aliphatic carbocycles. The quantitative estimate of drug-likeness (QED) is 0.329. The number of nitrogens with one attached hydrogen (secondary N) is 1. The molecule has 0 spiro atoms. The van der Waals surface area contributed by atoms with Gasteiger partial charge < -0.3 is 15.1 Å². The Morgan fingerprint density at radius 1 is 1.36 bits per heavy atom. The highest BCUT2D eigenvalue weighted by Crippen LogP contribution is 2.24. The molecule has 2 aromatic heterocycles. The first kappa shape index (κ1) is 14.3. The number of pyridine rings is 1. The summed E-state index contributed by atoms with van der Waals surface area (Å²) in [5, 5.41) is 12.8. The van der Waals surface area contributed by atoms with Crippen molar-refractivity contribution in [1.82, 2.24) is 15.0 Å². The van der Waals surface area contributed by atoms with Gasteiger partial charge in [0.15, 0.2) is 11.5 Å². The fourth-order valence-electron chi connectivity index (χ4n) is 2.15. The fourth-order valence-corrected chi connectivity index (χ4v) is 2.33. The highest BCUT2D eigenvalue weighted by atomic mass is 35.5. The van der Waals surface area contributed by atoms with Gasteiger partial charge in [0.2, 0.25) is 0 Å². The van der Waals surface area contributed by atoms with Gasteiger partial charge in [-0.25, -0.2) is 14.4 Å². The molecule has 1 aromatic carbocycles. The molecule has 0 saturated heterocycles. The van der Waals surface area contributed by atoms with Crippen molar-refractivity contribution in [3.05, 3.63) is 53.2 Å². The van der Waals surface area contributed by atoms with Crippen molar-refractivity contribution >= 4 is 34.3 Å². The molecule has 0 aliphatic rings. The molecule has 0 saturated carbocycles. The van der Waals surface area contributed by atoms with E-state index in [0.29, 0.717) is 22.4 Å². The van der Waals surface area contributed by atoms with Gasteiger partial charge in [-0.1, -0.05) is 16.8 Å². The highest BCUT2D eigenvalue weighted by Gasteiger charge is 2.17. The summed E-state index contributed by atoms with van der Waals surface area (Å²) < 4.78 is 13.3. The molecular weight excluding hydrogens is 309 g/mol. The molecule has 3 rings (SSSR count). The van der Waals surface area contributed by atoms with Crippen molar-refractivity contribution in [3.8, 4) is 0 Å². The first-order valence-electron chi connectivity index (χ1n) is 6.31. The van der Waals surface area contributed by atoms with Crippen LogP contribution in [0, 0.1) is 5.82 Å². The molecule has 6 nitrogen and oxygen atoms in total. The lowest BCUT2D eigenvalue weighted by molar-refractivity contribution is 0.318. The zero-order valence-corrected chi connectivity index (χ0v) is 12.2. The first-order valence-corrected chi connectivity index (χ1v) is 6.69. The van der Waals surface area contributed by atoms with Crippen LogP contribution in [-0.2, 0) is 0 Å². The van der Waals surface area contributed by atoms with E-state index in [2.05, 4.69) is 20.1 Å². The molecule has 22 heavy (non-hydrogen) atoms. The van der Waals surface area contributed by atoms with Crippen LogP contribution >= 0.6 is 11.6 Å². The van der Waals surface area contributed by atoms with Crippen molar-refractivity contribution in [2.45, 2.75) is 0 Å². The maximum Gasteiger partial charge on any atom is 0.181 e. The number of H-pyrrole nitrogens is 1. The summed E-state index contributed by atoms with van der Waals surface area (Å²) in [5.41, 5.74) is 2.32. The number of rotatable bonds is 2. The van der Waals surface area contributed by atoms with E-state index >= 15 is 0 Å². The first-order chi connectivity index (χ1) is 10.6. The lowest BCUT2D eigenvalue weighted by Crippen LogP contribution is -2.27. The van der Waals surface area contributed by atoms with Crippen LogP contribution in [0.2, 0.25) is 5.02 Å². The summed E-state index contributed by atoms with van der Waals surface area (Å²) in [6, 6.07) is 5.93. The largest absolute Gasteiger partial charge is 0.409 e. The molecule has 0 fully saturated rings. The minimum Gasteiger partial charge on any atom is -0.409 e. The van der Waals surface area contributed by atoms with Crippen LogP contribution in [-0.4, -0.2) is 33.0 Å². The third-order valence-corrected chi connectivity index (χ3v) is 3.56. The minimum absolute atomic E-state index is 0.0111. The molecule has 112 valence electrons. The summed E-state index contributed by atoms with van der Waals surface area (Å²) in [4.78, 5) is 12.7. The molecule has 0 atom stereocenters. The molecule has 3 aromatic rings. The molecular formula is C14H11ClFN5O. The van der Waals surface area contributed by atoms with Gasteiger partial charge in [-0.3, -0.25) is 0 Å². The van der Waals surface area contributed by atoms with Gasteiger partial charge in [-0.2, -0.15) is 0 Å². The number of fused-ring (bicyclic) bond motifs is 1. The third kappa shape index (κ3) is 2.35. The van der Waals surface area contributed by atoms with Crippen LogP contribution in [0.1, 0.15) is 5.56 Å². The predicted octanol–water partition coefficient (Wildman–Crippen LogP) is 3.02. The number of hydrogen-bond donors (Lipinski definition) is 2.